The number of benzene rings is 1. The normalized spacial score (nSPS) is 11.1. The van der Waals surface area contributed by atoms with Crippen molar-refractivity contribution in [1.29, 1.82) is 0 Å². The number of unbranched alkanes of at least 4 members (excludes halogenated alkanes) is 12. The van der Waals surface area contributed by atoms with Crippen LogP contribution in [0.3, 0.4) is 0 Å². The molecule has 1 amide bonds. The molecule has 0 atom stereocenters. The zero-order valence-electron chi connectivity index (χ0n) is 23.0. The van der Waals surface area contributed by atoms with Gasteiger partial charge < -0.3 is 19.5 Å². The van der Waals surface area contributed by atoms with E-state index in [9.17, 15) is 22.8 Å². The Morgan fingerprint density at radius 1 is 0.684 bits per heavy atom. The Morgan fingerprint density at radius 3 is 1.82 bits per heavy atom. The van der Waals surface area contributed by atoms with Gasteiger partial charge in [-0.15, -0.1) is 0 Å². The zero-order chi connectivity index (χ0) is 27.8. The highest BCUT2D eigenvalue weighted by Crippen LogP contribution is 2.24. The van der Waals surface area contributed by atoms with E-state index < -0.39 is 29.2 Å². The largest absolute Gasteiger partial charge is 0.420 e. The maximum absolute atomic E-state index is 13.5. The van der Waals surface area contributed by atoms with Crippen molar-refractivity contribution in [3.05, 3.63) is 29.6 Å². The lowest BCUT2D eigenvalue weighted by atomic mass is 10.0. The van der Waals surface area contributed by atoms with Crippen LogP contribution in [0.1, 0.15) is 103 Å². The number of hydrogen-bond acceptors (Lipinski definition) is 5. The molecule has 0 bridgehead atoms. The van der Waals surface area contributed by atoms with Gasteiger partial charge in [-0.1, -0.05) is 84.0 Å². The van der Waals surface area contributed by atoms with Crippen LogP contribution in [-0.4, -0.2) is 44.8 Å². The molecular weight excluding hydrogens is 499 g/mol. The Bertz CT molecular complexity index is 779. The molecule has 0 saturated carbocycles. The van der Waals surface area contributed by atoms with E-state index in [1.54, 1.807) is 0 Å². The number of ether oxygens (including phenoxy) is 3. The summed E-state index contributed by atoms with van der Waals surface area (Å²) in [5.74, 6) is -6.00. The van der Waals surface area contributed by atoms with Crippen LogP contribution in [0.4, 0.5) is 13.2 Å². The Labute approximate surface area is 226 Å². The summed E-state index contributed by atoms with van der Waals surface area (Å²) in [6, 6.07) is 1.29. The number of carbonyl (C=O) groups is 2. The highest BCUT2D eigenvalue weighted by molar-refractivity contribution is 5.75. The monoisotopic (exact) mass is 545 g/mol. The van der Waals surface area contributed by atoms with Crippen LogP contribution in [0.25, 0.3) is 0 Å². The third kappa shape index (κ3) is 17.4. The first-order valence-electron chi connectivity index (χ1n) is 14.2. The van der Waals surface area contributed by atoms with Crippen molar-refractivity contribution in [3.63, 3.8) is 0 Å². The van der Waals surface area contributed by atoms with Crippen molar-refractivity contribution in [2.75, 3.05) is 33.0 Å². The molecule has 0 fully saturated rings. The topological polar surface area (TPSA) is 73.9 Å². The van der Waals surface area contributed by atoms with E-state index in [1.807, 2.05) is 0 Å². The first-order valence-corrected chi connectivity index (χ1v) is 14.2. The fourth-order valence-electron chi connectivity index (χ4n) is 3.90. The molecule has 0 radical (unpaired) electrons. The number of amides is 1. The molecular formula is C29H46F3NO5. The average Bonchev–Trinajstić information content (AvgIpc) is 2.90. The van der Waals surface area contributed by atoms with Crippen LogP contribution >= 0.6 is 0 Å². The Balaban J connectivity index is 1.86. The molecule has 0 aliphatic rings. The van der Waals surface area contributed by atoms with Crippen molar-refractivity contribution < 1.29 is 37.0 Å². The molecule has 1 N–H and O–H groups in total. The Kier molecular flexibility index (Phi) is 20.4. The second-order valence-corrected chi connectivity index (χ2v) is 9.46. The third-order valence-corrected chi connectivity index (χ3v) is 6.12. The van der Waals surface area contributed by atoms with Gasteiger partial charge in [0.1, 0.15) is 0 Å². The van der Waals surface area contributed by atoms with E-state index in [2.05, 4.69) is 17.0 Å². The summed E-state index contributed by atoms with van der Waals surface area (Å²) in [5.41, 5.74) is 0. The lowest BCUT2D eigenvalue weighted by Crippen LogP contribution is -2.27. The molecule has 1 aromatic carbocycles. The first kappa shape index (κ1) is 33.9. The molecule has 0 aliphatic carbocycles. The SMILES string of the molecule is CCCCCCCCCCCCCCCC(=O)NCCOCCOCCC(=O)Oc1c(F)ccc(F)c1F. The van der Waals surface area contributed by atoms with Crippen molar-refractivity contribution in [2.24, 2.45) is 0 Å². The minimum Gasteiger partial charge on any atom is -0.420 e. The second kappa shape index (κ2) is 22.8. The maximum atomic E-state index is 13.5. The summed E-state index contributed by atoms with van der Waals surface area (Å²) in [4.78, 5) is 23.5. The van der Waals surface area contributed by atoms with Gasteiger partial charge in [-0.2, -0.15) is 4.39 Å². The highest BCUT2D eigenvalue weighted by atomic mass is 19.2. The standard InChI is InChI=1S/C29H46F3NO5/c1-2-3-4-5-6-7-8-9-10-11-12-13-14-15-26(34)33-19-21-37-23-22-36-20-18-27(35)38-29-25(31)17-16-24(30)28(29)32/h16-17H,2-15,18-23H2,1H3,(H,33,34). The van der Waals surface area contributed by atoms with Gasteiger partial charge in [0, 0.05) is 13.0 Å². The Morgan fingerprint density at radius 2 is 1.21 bits per heavy atom. The summed E-state index contributed by atoms with van der Waals surface area (Å²) >= 11 is 0. The van der Waals surface area contributed by atoms with Crippen LogP contribution in [0.2, 0.25) is 0 Å². The van der Waals surface area contributed by atoms with Crippen molar-refractivity contribution in [2.45, 2.75) is 103 Å². The summed E-state index contributed by atoms with van der Waals surface area (Å²) in [6.07, 6.45) is 16.8. The summed E-state index contributed by atoms with van der Waals surface area (Å²) in [6.45, 7) is 3.41. The molecule has 0 unspecified atom stereocenters. The molecule has 9 heteroatoms. The molecule has 0 heterocycles. The summed E-state index contributed by atoms with van der Waals surface area (Å²) in [5, 5.41) is 2.83. The van der Waals surface area contributed by atoms with E-state index >= 15 is 0 Å². The lowest BCUT2D eigenvalue weighted by Gasteiger charge is -2.08. The summed E-state index contributed by atoms with van der Waals surface area (Å²) in [7, 11) is 0. The molecule has 38 heavy (non-hydrogen) atoms. The van der Waals surface area contributed by atoms with E-state index in [1.165, 1.54) is 70.6 Å². The summed E-state index contributed by atoms with van der Waals surface area (Å²) < 4.78 is 55.1. The molecule has 1 aromatic rings. The third-order valence-electron chi connectivity index (χ3n) is 6.12. The van der Waals surface area contributed by atoms with Crippen LogP contribution < -0.4 is 10.1 Å². The van der Waals surface area contributed by atoms with Crippen LogP contribution in [-0.2, 0) is 19.1 Å². The fraction of sp³-hybridized carbons (Fsp3) is 0.724. The lowest BCUT2D eigenvalue weighted by molar-refractivity contribution is -0.136. The molecule has 0 spiro atoms. The zero-order valence-corrected chi connectivity index (χ0v) is 23.0. The predicted molar refractivity (Wildman–Crippen MR) is 142 cm³/mol. The van der Waals surface area contributed by atoms with E-state index in [4.69, 9.17) is 9.47 Å². The van der Waals surface area contributed by atoms with Crippen LogP contribution in [0.5, 0.6) is 5.75 Å². The Hall–Kier alpha value is -2.13. The van der Waals surface area contributed by atoms with Gasteiger partial charge in [-0.3, -0.25) is 9.59 Å². The number of esters is 1. The van der Waals surface area contributed by atoms with Gasteiger partial charge in [-0.25, -0.2) is 8.78 Å². The van der Waals surface area contributed by atoms with Crippen molar-refractivity contribution in [1.82, 2.24) is 5.32 Å². The quantitative estimate of drug-likeness (QED) is 0.0653. The van der Waals surface area contributed by atoms with E-state index in [-0.39, 0.29) is 32.1 Å². The minimum atomic E-state index is -1.55. The van der Waals surface area contributed by atoms with Gasteiger partial charge in [0.05, 0.1) is 32.8 Å². The molecule has 218 valence electrons. The smallest absolute Gasteiger partial charge is 0.313 e. The molecule has 6 nitrogen and oxygen atoms in total. The van der Waals surface area contributed by atoms with Crippen molar-refractivity contribution >= 4 is 11.9 Å². The fourth-order valence-corrected chi connectivity index (χ4v) is 3.90. The number of halogens is 3. The van der Waals surface area contributed by atoms with E-state index in [0.717, 1.165) is 12.8 Å². The molecule has 1 rings (SSSR count). The van der Waals surface area contributed by atoms with Gasteiger partial charge in [0.25, 0.3) is 0 Å². The predicted octanol–water partition coefficient (Wildman–Crippen LogP) is 7.03. The van der Waals surface area contributed by atoms with E-state index in [0.29, 0.717) is 31.7 Å². The number of carbonyl (C=O) groups excluding carboxylic acids is 2. The van der Waals surface area contributed by atoms with Gasteiger partial charge >= 0.3 is 5.97 Å². The number of rotatable bonds is 24. The number of nitrogens with one attached hydrogen (secondary N) is 1. The maximum Gasteiger partial charge on any atom is 0.313 e. The average molecular weight is 546 g/mol. The van der Waals surface area contributed by atoms with Gasteiger partial charge in [0.2, 0.25) is 17.5 Å². The molecule has 0 aromatic heterocycles. The van der Waals surface area contributed by atoms with Crippen LogP contribution in [0, 0.1) is 17.5 Å². The van der Waals surface area contributed by atoms with Gasteiger partial charge in [0.15, 0.2) is 11.6 Å². The highest BCUT2D eigenvalue weighted by Gasteiger charge is 2.18. The van der Waals surface area contributed by atoms with Gasteiger partial charge in [-0.05, 0) is 18.6 Å². The number of hydrogen-bond donors (Lipinski definition) is 1. The van der Waals surface area contributed by atoms with Crippen LogP contribution in [0.15, 0.2) is 12.1 Å². The minimum absolute atomic E-state index is 0.0256. The van der Waals surface area contributed by atoms with Crippen molar-refractivity contribution in [3.8, 4) is 5.75 Å². The first-order chi connectivity index (χ1) is 18.5. The molecule has 0 aliphatic heterocycles. The second-order valence-electron chi connectivity index (χ2n) is 9.46. The molecule has 0 saturated heterocycles.